The largest absolute Gasteiger partial charge is 0.497 e. The highest BCUT2D eigenvalue weighted by Gasteiger charge is 2.50. The summed E-state index contributed by atoms with van der Waals surface area (Å²) in [4.78, 5) is 167. The number of hydrogen-bond donors (Lipinski definition) is 10. The Morgan fingerprint density at radius 3 is 2.18 bits per heavy atom. The first-order valence-corrected chi connectivity index (χ1v) is 39.0. The van der Waals surface area contributed by atoms with Crippen molar-refractivity contribution in [3.8, 4) is 5.75 Å². The first-order valence-electron chi connectivity index (χ1n) is 39.0. The molecule has 0 aliphatic carbocycles. The molecule has 11 rings (SSSR count). The number of ketones is 1. The van der Waals surface area contributed by atoms with Gasteiger partial charge in [0.1, 0.15) is 65.7 Å². The molecule has 110 heavy (non-hydrogen) atoms. The number of carbonyl (C=O) groups is 11. The summed E-state index contributed by atoms with van der Waals surface area (Å²) >= 11 is 0. The Hall–Kier alpha value is -9.64. The summed E-state index contributed by atoms with van der Waals surface area (Å²) in [6, 6.07) is 14.9. The Morgan fingerprint density at radius 2 is 1.43 bits per heavy atom. The molecule has 27 nitrogen and oxygen atoms in total. The molecule has 10 amide bonds. The summed E-state index contributed by atoms with van der Waals surface area (Å²) in [6.45, 7) is 5.55. The molecule has 594 valence electrons. The average molecular weight is 1520 g/mol. The molecule has 10 N–H and O–H groups in total. The number of rotatable bonds is 13. The monoisotopic (exact) mass is 1520 g/mol. The molecule has 12 bridgehead atoms. The van der Waals surface area contributed by atoms with Crippen LogP contribution in [0.5, 0.6) is 5.75 Å². The second-order valence-corrected chi connectivity index (χ2v) is 31.4. The Labute approximate surface area is 643 Å². The number of ether oxygens (including phenoxy) is 2. The summed E-state index contributed by atoms with van der Waals surface area (Å²) in [5.74, 6) is -7.30. The number of unbranched alkanes of at least 4 members (excludes halogenated alkanes) is 2. The zero-order chi connectivity index (χ0) is 78.8. The SMILES string of the molecule is COc1ccc(C[C@@H]2NC(=O)[C@H]([C@@H](C)O)NC(=O)[C@@H]3[C@@H]4CCN3C(=O)[C@@H]3Cc5cn(c6ccc(F)cc56)CCCCC[C@@H](NC(=O)CCCN[C@@H](C)C(=O)N[C@H](CCC(=O)CCCCC[N+](C)(C)C)C(=O)N[C@@H](Cc5cccc(c5)CNC(=O)CO4)C(=O)N3)c3ccc(cc3)CCNC(=O)[C@]3(C)CCCN3C2=O)cc1. The van der Waals surface area contributed by atoms with Gasteiger partial charge in [-0.15, -0.1) is 0 Å². The van der Waals surface area contributed by atoms with Crippen molar-refractivity contribution in [2.75, 3.05) is 67.6 Å². The van der Waals surface area contributed by atoms with Crippen LogP contribution in [0.15, 0.2) is 97.2 Å². The van der Waals surface area contributed by atoms with Crippen LogP contribution < -0.4 is 52.6 Å². The number of halogens is 1. The van der Waals surface area contributed by atoms with E-state index in [-0.39, 0.29) is 102 Å². The number of quaternary nitrogens is 1. The van der Waals surface area contributed by atoms with Crippen molar-refractivity contribution in [3.05, 3.63) is 136 Å². The van der Waals surface area contributed by atoms with Crippen LogP contribution >= 0.6 is 0 Å². The number of aryl methyl sites for hydroxylation is 1. The van der Waals surface area contributed by atoms with E-state index in [1.807, 2.05) is 28.8 Å². The lowest BCUT2D eigenvalue weighted by molar-refractivity contribution is -0.870. The molecule has 6 aliphatic heterocycles. The third kappa shape index (κ3) is 22.3. The molecule has 28 heteroatoms. The van der Waals surface area contributed by atoms with Crippen molar-refractivity contribution in [1.29, 1.82) is 0 Å². The molecule has 2 fully saturated rings. The molecule has 4 aromatic carbocycles. The number of Topliss-reactive ketones (excluding diaryl/α,β-unsaturated/α-hetero) is 1. The predicted molar refractivity (Wildman–Crippen MR) is 410 cm³/mol. The van der Waals surface area contributed by atoms with Crippen molar-refractivity contribution in [1.82, 2.24) is 62.2 Å². The average Bonchev–Trinajstić information content (AvgIpc) is 1.60. The number of methoxy groups -OCH3 is 1. The Bertz CT molecular complexity index is 4110. The number of benzene rings is 4. The fourth-order valence-electron chi connectivity index (χ4n) is 15.5. The van der Waals surface area contributed by atoms with Crippen LogP contribution in [0.2, 0.25) is 0 Å². The number of fused-ring (bicyclic) bond motifs is 16. The fraction of sp³-hybridized carbons (Fsp3) is 0.549. The number of aliphatic hydroxyl groups is 1. The van der Waals surface area contributed by atoms with Gasteiger partial charge in [-0.05, 0) is 162 Å². The molecular formula is C82H111FN13O14+. The highest BCUT2D eigenvalue weighted by Crippen LogP contribution is 2.33. The topological polar surface area (TPSA) is 346 Å². The molecule has 0 spiro atoms. The molecule has 6 aliphatic rings. The van der Waals surface area contributed by atoms with Crippen molar-refractivity contribution in [2.45, 2.75) is 222 Å². The van der Waals surface area contributed by atoms with Crippen molar-refractivity contribution in [3.63, 3.8) is 0 Å². The lowest BCUT2D eigenvalue weighted by Crippen LogP contribution is -2.64. The summed E-state index contributed by atoms with van der Waals surface area (Å²) < 4.78 is 30.3. The maximum absolute atomic E-state index is 16.3. The van der Waals surface area contributed by atoms with Crippen LogP contribution in [-0.4, -0.2) is 216 Å². The highest BCUT2D eigenvalue weighted by atomic mass is 19.1. The lowest BCUT2D eigenvalue weighted by Gasteiger charge is -2.37. The summed E-state index contributed by atoms with van der Waals surface area (Å²) in [5.41, 5.74) is 3.03. The molecule has 1 aromatic heterocycles. The van der Waals surface area contributed by atoms with Gasteiger partial charge in [0.15, 0.2) is 0 Å². The van der Waals surface area contributed by atoms with Gasteiger partial charge in [0.05, 0.1) is 59.1 Å². The summed E-state index contributed by atoms with van der Waals surface area (Å²) in [5, 5.41) is 38.6. The summed E-state index contributed by atoms with van der Waals surface area (Å²) in [6.07, 6.45) is 4.42. The Morgan fingerprint density at radius 1 is 0.673 bits per heavy atom. The van der Waals surface area contributed by atoms with Gasteiger partial charge in [0.25, 0.3) is 0 Å². The van der Waals surface area contributed by atoms with Crippen LogP contribution in [0, 0.1) is 5.82 Å². The van der Waals surface area contributed by atoms with Gasteiger partial charge < -0.3 is 81.3 Å². The van der Waals surface area contributed by atoms with E-state index in [1.165, 1.54) is 31.1 Å². The lowest BCUT2D eigenvalue weighted by atomic mass is 9.95. The van der Waals surface area contributed by atoms with Gasteiger partial charge in [0.2, 0.25) is 59.1 Å². The minimum atomic E-state index is -1.83. The zero-order valence-electron chi connectivity index (χ0n) is 64.5. The molecule has 2 saturated heterocycles. The van der Waals surface area contributed by atoms with Crippen molar-refractivity contribution >= 4 is 75.8 Å². The number of carbonyl (C=O) groups excluding carboxylic acids is 11. The van der Waals surface area contributed by atoms with Gasteiger partial charge in [0, 0.05) is 88.3 Å². The van der Waals surface area contributed by atoms with E-state index in [4.69, 9.17) is 9.47 Å². The smallest absolute Gasteiger partial charge is 0.246 e. The fourth-order valence-corrected chi connectivity index (χ4v) is 15.5. The van der Waals surface area contributed by atoms with Gasteiger partial charge in [-0.3, -0.25) is 52.7 Å². The number of nitrogens with zero attached hydrogens (tertiary/aromatic N) is 4. The first-order chi connectivity index (χ1) is 52.6. The van der Waals surface area contributed by atoms with E-state index < -0.39 is 132 Å². The Kier molecular flexibility index (Phi) is 28.9. The van der Waals surface area contributed by atoms with Crippen LogP contribution in [0.1, 0.15) is 157 Å². The minimum Gasteiger partial charge on any atom is -0.497 e. The van der Waals surface area contributed by atoms with Gasteiger partial charge >= 0.3 is 0 Å². The van der Waals surface area contributed by atoms with Crippen molar-refractivity contribution in [2.24, 2.45) is 0 Å². The second-order valence-electron chi connectivity index (χ2n) is 31.4. The number of hydrogen-bond acceptors (Lipinski definition) is 15. The number of amides is 10. The second kappa shape index (κ2) is 38.3. The van der Waals surface area contributed by atoms with E-state index >= 15 is 33.2 Å². The molecule has 0 saturated carbocycles. The standard InChI is InChI=1S/C82H110FN13O14/c1-51-74(101)88-64(32-29-60(98)19-10-9-13-42-96(4,5)6)75(102)89-65-45-55-17-14-18-56(43-55)48-86-71(100)50-110-69-35-41-94-73(69)78(105)92-72(52(2)97)77(104)91-66(44-54-24-30-61(109-7)31-25-54)80(107)95-40-16-36-82(95,3)81(108)85-38-34-53-22-26-57(27-23-53)63(87-70(99)21-15-37-84-51)20-11-8-12-39-93-49-58(46-67(79(94)106)90-76(65)103)62-47-59(83)28-33-68(62)93/h14,17-18,22-28,30-31,33,43,47,49,51-52,63-67,69,72-73,84,97H,8-13,15-16,19-21,29,32,34-42,44-46,48,50H2,1-7H3,(H7-,85,86,87,88,89,90,91,92,99,100,101,102,103,104,105,108)/p+1/t51-,52+,63+,64+,65-,66-,67-,69-,72-,73-,82-/m0/s1. The van der Waals surface area contributed by atoms with E-state index in [0.29, 0.717) is 96.8 Å². The third-order valence-electron chi connectivity index (χ3n) is 21.9. The first kappa shape index (κ1) is 82.8. The van der Waals surface area contributed by atoms with Crippen LogP contribution in [-0.2, 0) is 96.2 Å². The zero-order valence-corrected chi connectivity index (χ0v) is 64.5. The molecule has 11 atom stereocenters. The van der Waals surface area contributed by atoms with E-state index in [0.717, 1.165) is 39.9 Å². The predicted octanol–water partition coefficient (Wildman–Crippen LogP) is 4.10. The van der Waals surface area contributed by atoms with E-state index in [2.05, 4.69) is 69.0 Å². The molecule has 7 heterocycles. The quantitative estimate of drug-likeness (QED) is 0.0586. The van der Waals surface area contributed by atoms with Crippen molar-refractivity contribution < 1.29 is 76.2 Å². The van der Waals surface area contributed by atoms with Crippen LogP contribution in [0.3, 0.4) is 0 Å². The van der Waals surface area contributed by atoms with Gasteiger partial charge in [-0.2, -0.15) is 0 Å². The molecule has 5 aromatic rings. The molecule has 0 unspecified atom stereocenters. The van der Waals surface area contributed by atoms with Gasteiger partial charge in [-0.1, -0.05) is 73.5 Å². The maximum Gasteiger partial charge on any atom is 0.246 e. The minimum absolute atomic E-state index is 0.0429. The maximum atomic E-state index is 16.3. The molecular weight excluding hydrogens is 1410 g/mol. The Balaban J connectivity index is 1.08. The van der Waals surface area contributed by atoms with E-state index in [1.54, 1.807) is 74.6 Å². The number of nitrogens with one attached hydrogen (secondary N) is 9. The van der Waals surface area contributed by atoms with Crippen LogP contribution in [0.25, 0.3) is 10.9 Å². The normalized spacial score (nSPS) is 25.7. The number of aromatic nitrogens is 1. The van der Waals surface area contributed by atoms with Crippen LogP contribution in [0.4, 0.5) is 4.39 Å². The highest BCUT2D eigenvalue weighted by molar-refractivity contribution is 6.00. The third-order valence-corrected chi connectivity index (χ3v) is 21.9. The van der Waals surface area contributed by atoms with E-state index in [9.17, 15) is 29.1 Å². The van der Waals surface area contributed by atoms with Gasteiger partial charge in [-0.25, -0.2) is 4.39 Å². The summed E-state index contributed by atoms with van der Waals surface area (Å²) in [7, 11) is 7.79. The number of aliphatic hydroxyl groups excluding tert-OH is 1. The molecule has 0 radical (unpaired) electrons.